The Morgan fingerprint density at radius 3 is 2.27 bits per heavy atom. The second kappa shape index (κ2) is 16.5. The number of fused-ring (bicyclic) bond motifs is 2. The summed E-state index contributed by atoms with van der Waals surface area (Å²) in [7, 11) is 0. The van der Waals surface area contributed by atoms with Crippen molar-refractivity contribution in [3.8, 4) is 5.75 Å². The monoisotopic (exact) mass is 614 g/mol. The highest BCUT2D eigenvalue weighted by Gasteiger charge is 2.47. The van der Waals surface area contributed by atoms with E-state index in [4.69, 9.17) is 18.9 Å². The molecule has 3 aromatic rings. The van der Waals surface area contributed by atoms with Crippen molar-refractivity contribution in [3.63, 3.8) is 0 Å². The predicted octanol–water partition coefficient (Wildman–Crippen LogP) is 7.60. The van der Waals surface area contributed by atoms with Gasteiger partial charge in [0.15, 0.2) is 6.61 Å². The largest absolute Gasteiger partial charge is 0.508 e. The summed E-state index contributed by atoms with van der Waals surface area (Å²) in [6, 6.07) is 25.2. The second-order valence-electron chi connectivity index (χ2n) is 12.5. The van der Waals surface area contributed by atoms with Gasteiger partial charge in [-0.2, -0.15) is 0 Å². The average molecular weight is 615 g/mol. The molecule has 0 heterocycles. The topological polar surface area (TPSA) is 91.3 Å². The van der Waals surface area contributed by atoms with Crippen LogP contribution in [-0.4, -0.2) is 36.0 Å². The van der Waals surface area contributed by atoms with Crippen LogP contribution >= 0.6 is 0 Å². The number of benzene rings is 3. The fraction of sp³-hybridized carbons (Fsp3) is 0.474. The molecule has 45 heavy (non-hydrogen) atoms. The molecule has 0 amide bonds. The zero-order valence-electron chi connectivity index (χ0n) is 26.3. The quantitative estimate of drug-likeness (QED) is 0.139. The van der Waals surface area contributed by atoms with E-state index in [9.17, 15) is 14.7 Å². The lowest BCUT2D eigenvalue weighted by atomic mass is 9.73. The summed E-state index contributed by atoms with van der Waals surface area (Å²) >= 11 is 0. The standard InChI is InChI=1S/C38H46O7/c1-2-3-6-17-31(39)19-20-32-33-21-29-16-11-18-35(42-26-37(40)43-24-27-12-7-4-8-13-27)34(29)22-30(33)23-36(32)45-38(41)44-25-28-14-9-5-10-15-28/h4-5,7-16,18,30-33,36,39H,2-3,6,17,19-26H2,1H3/t30-,31-,32+,33-,36+/m0/s1. The maximum Gasteiger partial charge on any atom is 0.508 e. The van der Waals surface area contributed by atoms with Crippen LogP contribution in [-0.2, 0) is 45.1 Å². The van der Waals surface area contributed by atoms with Crippen molar-refractivity contribution >= 4 is 12.1 Å². The Bertz CT molecular complexity index is 1360. The first-order valence-corrected chi connectivity index (χ1v) is 16.5. The van der Waals surface area contributed by atoms with E-state index >= 15 is 0 Å². The van der Waals surface area contributed by atoms with E-state index in [0.29, 0.717) is 24.0 Å². The molecule has 7 nitrogen and oxygen atoms in total. The SMILES string of the molecule is CCCCC[C@H](O)CC[C@@H]1[C@H]2Cc3cccc(OCC(=O)OCc4ccccc4)c3C[C@H]2C[C@H]1OC(=O)OCc1ccccc1. The molecule has 7 heteroatoms. The zero-order valence-corrected chi connectivity index (χ0v) is 26.3. The molecule has 0 aliphatic heterocycles. The molecule has 5 atom stereocenters. The molecule has 1 saturated carbocycles. The lowest BCUT2D eigenvalue weighted by Gasteiger charge is -2.32. The van der Waals surface area contributed by atoms with Gasteiger partial charge in [-0.25, -0.2) is 9.59 Å². The first kappa shape index (κ1) is 32.6. The smallest absolute Gasteiger partial charge is 0.482 e. The fourth-order valence-electron chi connectivity index (χ4n) is 7.00. The van der Waals surface area contributed by atoms with Gasteiger partial charge < -0.3 is 24.1 Å². The third-order valence-electron chi connectivity index (χ3n) is 9.33. The van der Waals surface area contributed by atoms with Gasteiger partial charge in [0.1, 0.15) is 25.1 Å². The first-order chi connectivity index (χ1) is 22.0. The number of ether oxygens (including phenoxy) is 4. The Labute approximate surface area is 266 Å². The molecule has 1 fully saturated rings. The number of rotatable bonds is 15. The van der Waals surface area contributed by atoms with Crippen LogP contribution in [0.5, 0.6) is 5.75 Å². The highest BCUT2D eigenvalue weighted by Crippen LogP contribution is 2.49. The number of aliphatic hydroxyl groups is 1. The van der Waals surface area contributed by atoms with Crippen LogP contribution in [0.4, 0.5) is 4.79 Å². The van der Waals surface area contributed by atoms with Crippen LogP contribution in [0, 0.1) is 17.8 Å². The van der Waals surface area contributed by atoms with Gasteiger partial charge in [-0.3, -0.25) is 0 Å². The fourth-order valence-corrected chi connectivity index (χ4v) is 7.00. The van der Waals surface area contributed by atoms with Crippen molar-refractivity contribution in [2.24, 2.45) is 17.8 Å². The molecule has 5 rings (SSSR count). The number of aliphatic hydroxyl groups excluding tert-OH is 1. The van der Waals surface area contributed by atoms with Crippen LogP contribution in [0.1, 0.15) is 74.1 Å². The minimum Gasteiger partial charge on any atom is -0.482 e. The Morgan fingerprint density at radius 2 is 1.56 bits per heavy atom. The zero-order chi connectivity index (χ0) is 31.4. The van der Waals surface area contributed by atoms with Gasteiger partial charge in [0.2, 0.25) is 0 Å². The van der Waals surface area contributed by atoms with Gasteiger partial charge in [0, 0.05) is 0 Å². The van der Waals surface area contributed by atoms with Gasteiger partial charge in [-0.05, 0) is 84.6 Å². The third kappa shape index (κ3) is 9.33. The third-order valence-corrected chi connectivity index (χ3v) is 9.33. The van der Waals surface area contributed by atoms with E-state index in [1.165, 1.54) is 5.56 Å². The van der Waals surface area contributed by atoms with Crippen LogP contribution < -0.4 is 4.74 Å². The molecule has 0 radical (unpaired) electrons. The van der Waals surface area contributed by atoms with Gasteiger partial charge in [-0.15, -0.1) is 0 Å². The van der Waals surface area contributed by atoms with Gasteiger partial charge >= 0.3 is 12.1 Å². The summed E-state index contributed by atoms with van der Waals surface area (Å²) in [5.41, 5.74) is 4.15. The Hall–Kier alpha value is -3.84. The summed E-state index contributed by atoms with van der Waals surface area (Å²) < 4.78 is 22.9. The molecular formula is C38H46O7. The lowest BCUT2D eigenvalue weighted by molar-refractivity contribution is -0.147. The van der Waals surface area contributed by atoms with Crippen LogP contribution in [0.15, 0.2) is 78.9 Å². The highest BCUT2D eigenvalue weighted by molar-refractivity contribution is 5.71. The van der Waals surface area contributed by atoms with Gasteiger partial charge in [-0.1, -0.05) is 99.0 Å². The van der Waals surface area contributed by atoms with Crippen molar-refractivity contribution < 1.29 is 33.6 Å². The molecule has 2 aliphatic carbocycles. The van der Waals surface area contributed by atoms with Crippen molar-refractivity contribution in [1.29, 1.82) is 0 Å². The molecule has 0 unspecified atom stereocenters. The van der Waals surface area contributed by atoms with Gasteiger partial charge in [0.25, 0.3) is 0 Å². The number of unbranched alkanes of at least 4 members (excludes halogenated alkanes) is 2. The number of esters is 1. The van der Waals surface area contributed by atoms with E-state index < -0.39 is 12.1 Å². The van der Waals surface area contributed by atoms with Crippen LogP contribution in [0.25, 0.3) is 0 Å². The summed E-state index contributed by atoms with van der Waals surface area (Å²) in [6.45, 7) is 2.39. The number of hydrogen-bond donors (Lipinski definition) is 1. The normalized spacial score (nSPS) is 20.8. The number of carbonyl (C=O) groups excluding carboxylic acids is 2. The van der Waals surface area contributed by atoms with Gasteiger partial charge in [0.05, 0.1) is 6.10 Å². The van der Waals surface area contributed by atoms with Crippen molar-refractivity contribution in [2.75, 3.05) is 6.61 Å². The number of hydrogen-bond acceptors (Lipinski definition) is 7. The van der Waals surface area contributed by atoms with Crippen LogP contribution in [0.2, 0.25) is 0 Å². The predicted molar refractivity (Wildman–Crippen MR) is 172 cm³/mol. The maximum absolute atomic E-state index is 12.8. The van der Waals surface area contributed by atoms with Crippen molar-refractivity contribution in [2.45, 2.75) is 90.1 Å². The molecule has 0 bridgehead atoms. The van der Waals surface area contributed by atoms with E-state index in [0.717, 1.165) is 68.1 Å². The summed E-state index contributed by atoms with van der Waals surface area (Å²) in [6.07, 6.45) is 6.64. The van der Waals surface area contributed by atoms with E-state index in [1.807, 2.05) is 72.8 Å². The van der Waals surface area contributed by atoms with Crippen LogP contribution in [0.3, 0.4) is 0 Å². The minimum absolute atomic E-state index is 0.130. The molecular weight excluding hydrogens is 568 g/mol. The lowest BCUT2D eigenvalue weighted by Crippen LogP contribution is -2.30. The summed E-state index contributed by atoms with van der Waals surface area (Å²) in [5, 5.41) is 10.7. The first-order valence-electron chi connectivity index (χ1n) is 16.5. The van der Waals surface area contributed by atoms with E-state index in [1.54, 1.807) is 0 Å². The maximum atomic E-state index is 12.8. The average Bonchev–Trinajstić information content (AvgIpc) is 3.39. The summed E-state index contributed by atoms with van der Waals surface area (Å²) in [5.74, 6) is 1.04. The molecule has 3 aromatic carbocycles. The highest BCUT2D eigenvalue weighted by atomic mass is 16.7. The molecule has 0 saturated heterocycles. The second-order valence-corrected chi connectivity index (χ2v) is 12.5. The molecule has 2 aliphatic rings. The minimum atomic E-state index is -0.647. The summed E-state index contributed by atoms with van der Waals surface area (Å²) in [4.78, 5) is 25.3. The Morgan fingerprint density at radius 1 is 0.844 bits per heavy atom. The van der Waals surface area contributed by atoms with E-state index in [-0.39, 0.29) is 37.9 Å². The molecule has 1 N–H and O–H groups in total. The van der Waals surface area contributed by atoms with Crippen molar-refractivity contribution in [3.05, 3.63) is 101 Å². The Kier molecular flexibility index (Phi) is 11.9. The molecule has 0 spiro atoms. The molecule has 0 aromatic heterocycles. The Balaban J connectivity index is 1.22. The molecule has 240 valence electrons. The number of carbonyl (C=O) groups is 2. The van der Waals surface area contributed by atoms with E-state index in [2.05, 4.69) is 13.0 Å². The van der Waals surface area contributed by atoms with Crippen molar-refractivity contribution in [1.82, 2.24) is 0 Å².